The second-order valence-corrected chi connectivity index (χ2v) is 12.3. The average Bonchev–Trinajstić information content (AvgIpc) is 3.69. The van der Waals surface area contributed by atoms with Crippen molar-refractivity contribution < 1.29 is 33.8 Å². The van der Waals surface area contributed by atoms with E-state index in [9.17, 15) is 24.3 Å². The van der Waals surface area contributed by atoms with Crippen LogP contribution in [-0.2, 0) is 28.7 Å². The average molecular weight is 624 g/mol. The molecule has 246 valence electrons. The van der Waals surface area contributed by atoms with Gasteiger partial charge >= 0.3 is 5.97 Å². The summed E-state index contributed by atoms with van der Waals surface area (Å²) in [4.78, 5) is 58.3. The number of nitrogens with one attached hydrogen (secondary N) is 1. The van der Waals surface area contributed by atoms with Crippen molar-refractivity contribution in [2.75, 3.05) is 32.8 Å². The lowest BCUT2D eigenvalue weighted by molar-refractivity contribution is -0.160. The Balaban J connectivity index is 1.61. The summed E-state index contributed by atoms with van der Waals surface area (Å²) in [5, 5.41) is 12.1. The molecule has 6 atom stereocenters. The Hall–Kier alpha value is -3.50. The summed E-state index contributed by atoms with van der Waals surface area (Å²) in [5.41, 5.74) is -0.396. The molecule has 0 radical (unpaired) electrons. The van der Waals surface area contributed by atoms with Crippen molar-refractivity contribution in [2.45, 2.75) is 88.6 Å². The number of aliphatic hydroxyl groups excluding tert-OH is 1. The van der Waals surface area contributed by atoms with Crippen LogP contribution in [0.4, 0.5) is 0 Å². The van der Waals surface area contributed by atoms with Crippen LogP contribution in [0.25, 0.3) is 0 Å². The van der Waals surface area contributed by atoms with Gasteiger partial charge in [0, 0.05) is 32.7 Å². The Morgan fingerprint density at radius 1 is 1.18 bits per heavy atom. The Morgan fingerprint density at radius 3 is 2.64 bits per heavy atom. The number of aliphatic hydroxyl groups is 1. The van der Waals surface area contributed by atoms with Gasteiger partial charge in [-0.15, -0.1) is 13.2 Å². The lowest BCUT2D eigenvalue weighted by atomic mass is 9.70. The molecule has 1 aromatic carbocycles. The van der Waals surface area contributed by atoms with Crippen molar-refractivity contribution in [1.82, 2.24) is 15.1 Å². The maximum absolute atomic E-state index is 14.3. The van der Waals surface area contributed by atoms with Gasteiger partial charge in [0.25, 0.3) is 0 Å². The number of benzene rings is 1. The van der Waals surface area contributed by atoms with E-state index in [1.165, 1.54) is 0 Å². The third-order valence-corrected chi connectivity index (χ3v) is 9.30. The molecule has 45 heavy (non-hydrogen) atoms. The molecule has 2 bridgehead atoms. The number of fused-ring (bicyclic) bond motifs is 1. The fraction of sp³-hybridized carbons (Fsp3) is 0.600. The standard InChI is InChI=1S/C35H49N3O7/c1-4-7-17-28(40)36-24-27(25-15-11-9-12-16-25)44-34(43)29-26-18-19-35(45-26)30(29)32(41)38(22-13-10-14-23-39)31(35)33(42)37(20-6-3)21-8-5-2/h4,6,9,11-12,15-16,26-27,29-31,39H,1,3,5,7-8,10,13-14,17-24H2,2H3,(H,36,40)/t26-,27+,29+,30+,31-,35+/m1/s1. The molecule has 0 aliphatic carbocycles. The number of carbonyl (C=O) groups is 4. The number of rotatable bonds is 19. The van der Waals surface area contributed by atoms with E-state index in [4.69, 9.17) is 9.47 Å². The number of ether oxygens (including phenoxy) is 2. The maximum Gasteiger partial charge on any atom is 0.313 e. The van der Waals surface area contributed by atoms with E-state index >= 15 is 0 Å². The molecule has 3 amide bonds. The van der Waals surface area contributed by atoms with Gasteiger partial charge in [-0.1, -0.05) is 55.8 Å². The van der Waals surface area contributed by atoms with Crippen LogP contribution in [0.5, 0.6) is 0 Å². The smallest absolute Gasteiger partial charge is 0.313 e. The fourth-order valence-electron chi connectivity index (χ4n) is 7.12. The number of amides is 3. The van der Waals surface area contributed by atoms with Gasteiger partial charge in [-0.2, -0.15) is 0 Å². The van der Waals surface area contributed by atoms with Crippen LogP contribution >= 0.6 is 0 Å². The summed E-state index contributed by atoms with van der Waals surface area (Å²) in [6.07, 6.45) is 7.57. The van der Waals surface area contributed by atoms with Crippen LogP contribution in [0.1, 0.15) is 76.4 Å². The van der Waals surface area contributed by atoms with Crippen molar-refractivity contribution in [2.24, 2.45) is 11.8 Å². The van der Waals surface area contributed by atoms with Gasteiger partial charge < -0.3 is 29.7 Å². The molecule has 4 rings (SSSR count). The highest BCUT2D eigenvalue weighted by atomic mass is 16.6. The molecule has 2 N–H and O–H groups in total. The predicted molar refractivity (Wildman–Crippen MR) is 170 cm³/mol. The largest absolute Gasteiger partial charge is 0.455 e. The summed E-state index contributed by atoms with van der Waals surface area (Å²) in [5.74, 6) is -2.88. The van der Waals surface area contributed by atoms with Crippen LogP contribution in [0.3, 0.4) is 0 Å². The topological polar surface area (TPSA) is 125 Å². The highest BCUT2D eigenvalue weighted by Gasteiger charge is 2.75. The zero-order valence-electron chi connectivity index (χ0n) is 26.5. The van der Waals surface area contributed by atoms with E-state index in [1.54, 1.807) is 22.0 Å². The number of hydrogen-bond donors (Lipinski definition) is 2. The molecule has 3 fully saturated rings. The minimum absolute atomic E-state index is 0.0585. The highest BCUT2D eigenvalue weighted by Crippen LogP contribution is 2.59. The maximum atomic E-state index is 14.3. The van der Waals surface area contributed by atoms with E-state index in [0.717, 1.165) is 18.4 Å². The second-order valence-electron chi connectivity index (χ2n) is 12.3. The molecular formula is C35H49N3O7. The first-order chi connectivity index (χ1) is 21.8. The van der Waals surface area contributed by atoms with E-state index < -0.39 is 41.7 Å². The summed E-state index contributed by atoms with van der Waals surface area (Å²) in [6, 6.07) is 8.35. The second kappa shape index (κ2) is 16.2. The van der Waals surface area contributed by atoms with E-state index in [0.29, 0.717) is 58.2 Å². The first kappa shape index (κ1) is 34.4. The lowest BCUT2D eigenvalue weighted by Gasteiger charge is -2.37. The van der Waals surface area contributed by atoms with Crippen molar-refractivity contribution in [3.63, 3.8) is 0 Å². The van der Waals surface area contributed by atoms with Gasteiger partial charge in [0.05, 0.1) is 24.5 Å². The van der Waals surface area contributed by atoms with Crippen LogP contribution in [0.2, 0.25) is 0 Å². The van der Waals surface area contributed by atoms with Gasteiger partial charge in [0.15, 0.2) is 0 Å². The van der Waals surface area contributed by atoms with Gasteiger partial charge in [0.1, 0.15) is 17.7 Å². The highest BCUT2D eigenvalue weighted by molar-refractivity contribution is 5.98. The summed E-state index contributed by atoms with van der Waals surface area (Å²) in [7, 11) is 0. The van der Waals surface area contributed by atoms with Gasteiger partial charge in [0.2, 0.25) is 17.7 Å². The molecular weight excluding hydrogens is 574 g/mol. The monoisotopic (exact) mass is 623 g/mol. The molecule has 3 saturated heterocycles. The van der Waals surface area contributed by atoms with Crippen LogP contribution < -0.4 is 5.32 Å². The van der Waals surface area contributed by atoms with Crippen molar-refractivity contribution in [3.05, 3.63) is 61.2 Å². The normalized spacial score (nSPS) is 25.5. The number of nitrogens with zero attached hydrogens (tertiary/aromatic N) is 2. The number of esters is 1. The van der Waals surface area contributed by atoms with Crippen LogP contribution in [0, 0.1) is 11.8 Å². The Bertz CT molecular complexity index is 1210. The molecule has 1 aromatic rings. The molecule has 1 spiro atoms. The summed E-state index contributed by atoms with van der Waals surface area (Å²) < 4.78 is 12.7. The third-order valence-electron chi connectivity index (χ3n) is 9.30. The molecule has 10 heteroatoms. The first-order valence-electron chi connectivity index (χ1n) is 16.4. The number of likely N-dealkylation sites (tertiary alicyclic amines) is 1. The minimum atomic E-state index is -1.12. The summed E-state index contributed by atoms with van der Waals surface area (Å²) >= 11 is 0. The number of hydrogen-bond acceptors (Lipinski definition) is 7. The molecule has 3 heterocycles. The SMILES string of the molecule is C=CCCC(=O)NC[C@H](OC(=O)[C@@H]1[C@H]2C(=O)N(CCCCCO)[C@H](C(=O)N(CC=C)CCCC)[C@]23CC[C@H]1O3)c1ccccc1. The molecule has 10 nitrogen and oxygen atoms in total. The molecule has 3 aliphatic rings. The molecule has 0 unspecified atom stereocenters. The van der Waals surface area contributed by atoms with Crippen LogP contribution in [-0.4, -0.2) is 89.1 Å². The fourth-order valence-corrected chi connectivity index (χ4v) is 7.12. The number of carbonyl (C=O) groups excluding carboxylic acids is 4. The van der Waals surface area contributed by atoms with Gasteiger partial charge in [-0.05, 0) is 50.5 Å². The lowest BCUT2D eigenvalue weighted by Crippen LogP contribution is -2.56. The Labute approximate surface area is 266 Å². The van der Waals surface area contributed by atoms with E-state index in [-0.39, 0.29) is 37.3 Å². The molecule has 0 saturated carbocycles. The minimum Gasteiger partial charge on any atom is -0.455 e. The summed E-state index contributed by atoms with van der Waals surface area (Å²) in [6.45, 7) is 10.9. The van der Waals surface area contributed by atoms with Crippen LogP contribution in [0.15, 0.2) is 55.6 Å². The zero-order chi connectivity index (χ0) is 32.4. The Kier molecular flexibility index (Phi) is 12.4. The third kappa shape index (κ3) is 7.49. The quantitative estimate of drug-likeness (QED) is 0.137. The van der Waals surface area contributed by atoms with Gasteiger partial charge in [-0.3, -0.25) is 19.2 Å². The predicted octanol–water partition coefficient (Wildman–Crippen LogP) is 3.71. The Morgan fingerprint density at radius 2 is 1.96 bits per heavy atom. The zero-order valence-corrected chi connectivity index (χ0v) is 26.5. The van der Waals surface area contributed by atoms with E-state index in [1.807, 2.05) is 30.3 Å². The van der Waals surface area contributed by atoms with Gasteiger partial charge in [-0.25, -0.2) is 0 Å². The van der Waals surface area contributed by atoms with Crippen molar-refractivity contribution >= 4 is 23.7 Å². The molecule has 3 aliphatic heterocycles. The molecule has 0 aromatic heterocycles. The number of allylic oxidation sites excluding steroid dienone is 1. The van der Waals surface area contributed by atoms with Crippen molar-refractivity contribution in [1.29, 1.82) is 0 Å². The number of unbranched alkanes of at least 4 members (excludes halogenated alkanes) is 3. The van der Waals surface area contributed by atoms with Crippen molar-refractivity contribution in [3.8, 4) is 0 Å². The first-order valence-corrected chi connectivity index (χ1v) is 16.4. The van der Waals surface area contributed by atoms with E-state index in [2.05, 4.69) is 25.4 Å².